The molecule has 4 heterocycles. The number of hydrogen-bond acceptors (Lipinski definition) is 2. The van der Waals surface area contributed by atoms with Gasteiger partial charge in [0.2, 0.25) is 0 Å². The van der Waals surface area contributed by atoms with Crippen molar-refractivity contribution in [1.82, 2.24) is 0 Å². The topological polar surface area (TPSA) is 6.48 Å². The Labute approximate surface area is 357 Å². The van der Waals surface area contributed by atoms with E-state index in [1.54, 1.807) is 0 Å². The van der Waals surface area contributed by atoms with Crippen LogP contribution in [-0.4, -0.2) is 40.3 Å². The molecule has 4 aliphatic rings. The Morgan fingerprint density at radius 3 is 0.617 bits per heavy atom. The van der Waals surface area contributed by atoms with Crippen molar-refractivity contribution in [2.45, 2.75) is 49.9 Å². The number of hydrogen-bond donors (Lipinski definition) is 0. The monoisotopic (exact) mass is 806 g/mol. The fourth-order valence-corrected chi connectivity index (χ4v) is 21.4. The summed E-state index contributed by atoms with van der Waals surface area (Å²) in [5.41, 5.74) is 2.79. The van der Waals surface area contributed by atoms with Crippen LogP contribution >= 0.6 is 0 Å². The molecule has 4 saturated heterocycles. The second kappa shape index (κ2) is 15.4. The molecule has 0 spiro atoms. The molecule has 292 valence electrons. The molecule has 0 unspecified atom stereocenters. The number of nitrogens with zero attached hydrogens (tertiary/aromatic N) is 2. The van der Waals surface area contributed by atoms with Gasteiger partial charge in [-0.3, -0.25) is 0 Å². The normalized spacial score (nSPS) is 19.7. The van der Waals surface area contributed by atoms with E-state index >= 15 is 0 Å². The van der Waals surface area contributed by atoms with Gasteiger partial charge in [-0.15, -0.1) is 0 Å². The smallest absolute Gasteiger partial charge is 0.179 e. The maximum atomic E-state index is 2.83. The van der Waals surface area contributed by atoms with Crippen LogP contribution in [0.25, 0.3) is 0 Å². The van der Waals surface area contributed by atoms with Crippen LogP contribution in [-0.2, 0) is 0 Å². The molecule has 60 heavy (non-hydrogen) atoms. The van der Waals surface area contributed by atoms with Gasteiger partial charge < -0.3 is 9.80 Å². The highest BCUT2D eigenvalue weighted by molar-refractivity contribution is 7.20. The lowest BCUT2D eigenvalue weighted by Crippen LogP contribution is -2.74. The number of rotatable bonds is 10. The van der Waals surface area contributed by atoms with Gasteiger partial charge in [0, 0.05) is 35.5 Å². The van der Waals surface area contributed by atoms with Crippen molar-refractivity contribution in [2.75, 3.05) is 9.80 Å². The Kier molecular flexibility index (Phi) is 9.48. The van der Waals surface area contributed by atoms with E-state index < -0.39 is 16.1 Å². The molecule has 0 saturated carbocycles. The lowest BCUT2D eigenvalue weighted by molar-refractivity contribution is 0.171. The summed E-state index contributed by atoms with van der Waals surface area (Å²) in [6, 6.07) is 89.8. The summed E-state index contributed by atoms with van der Waals surface area (Å²) in [4.78, 5) is 5.65. The van der Waals surface area contributed by atoms with E-state index in [4.69, 9.17) is 0 Å². The van der Waals surface area contributed by atoms with Gasteiger partial charge in [0.25, 0.3) is 0 Å². The summed E-state index contributed by atoms with van der Waals surface area (Å²) < 4.78 is 0. The molecule has 0 radical (unpaired) electrons. The van der Waals surface area contributed by atoms with Crippen LogP contribution in [0.2, 0.25) is 0 Å². The minimum Gasteiger partial charge on any atom is -0.365 e. The third kappa shape index (κ3) is 5.96. The van der Waals surface area contributed by atoms with Crippen molar-refractivity contribution in [2.24, 2.45) is 0 Å². The van der Waals surface area contributed by atoms with Crippen molar-refractivity contribution in [1.29, 1.82) is 0 Å². The summed E-state index contributed by atoms with van der Waals surface area (Å²) in [7, 11) is -5.10. The first-order valence-corrected chi connectivity index (χ1v) is 25.9. The molecule has 4 heteroatoms. The standard InChI is InChI=1S/C56H50N2Si2/c1-7-19-49(20-8-1)59(50-21-9-2-10-22-50,51-23-11-3-12-24-51)55-35-31-43(32-36-55)57-45-39-47-41-46(57)42-48(40-45)58(47)44-33-37-56(38-34-44)60(52-25-13-4-14-26-52,53-27-15-5-16-28-53)54-29-17-6-18-30-54/h1-38,45-48H,39-42H2. The zero-order valence-corrected chi connectivity index (χ0v) is 36.0. The minimum atomic E-state index is -2.55. The third-order valence-corrected chi connectivity index (χ3v) is 23.8. The molecule has 4 bridgehead atoms. The molecule has 0 atom stereocenters. The second-order valence-electron chi connectivity index (χ2n) is 17.2. The largest absolute Gasteiger partial charge is 0.365 e. The van der Waals surface area contributed by atoms with Gasteiger partial charge in [-0.2, -0.15) is 0 Å². The average Bonchev–Trinajstić information content (AvgIpc) is 3.32. The number of piperidine rings is 4. The van der Waals surface area contributed by atoms with Gasteiger partial charge >= 0.3 is 0 Å². The molecular weight excluding hydrogens is 757 g/mol. The lowest BCUT2D eigenvalue weighted by Gasteiger charge is -2.62. The van der Waals surface area contributed by atoms with Crippen LogP contribution in [0.4, 0.5) is 11.4 Å². The number of anilines is 2. The quantitative estimate of drug-likeness (QED) is 0.111. The van der Waals surface area contributed by atoms with E-state index in [1.807, 2.05) is 0 Å². The molecular formula is C56H50N2Si2. The van der Waals surface area contributed by atoms with E-state index in [1.165, 1.54) is 78.6 Å². The van der Waals surface area contributed by atoms with Crippen molar-refractivity contribution in [3.8, 4) is 0 Å². The third-order valence-electron chi connectivity index (χ3n) is 14.2. The van der Waals surface area contributed by atoms with Gasteiger partial charge in [-0.05, 0) is 91.4 Å². The van der Waals surface area contributed by atoms with E-state index in [-0.39, 0.29) is 0 Å². The lowest BCUT2D eigenvalue weighted by atomic mass is 9.72. The molecule has 4 aliphatic heterocycles. The van der Waals surface area contributed by atoms with E-state index in [2.05, 4.69) is 240 Å². The Morgan fingerprint density at radius 2 is 0.417 bits per heavy atom. The van der Waals surface area contributed by atoms with Crippen molar-refractivity contribution in [3.63, 3.8) is 0 Å². The summed E-state index contributed by atoms with van der Waals surface area (Å²) in [6.07, 6.45) is 4.85. The zero-order valence-electron chi connectivity index (χ0n) is 34.0. The highest BCUT2D eigenvalue weighted by Gasteiger charge is 2.51. The molecule has 2 nitrogen and oxygen atoms in total. The summed E-state index contributed by atoms with van der Waals surface area (Å²) in [5.74, 6) is 0. The van der Waals surface area contributed by atoms with E-state index in [9.17, 15) is 0 Å². The van der Waals surface area contributed by atoms with Gasteiger partial charge in [-0.1, -0.05) is 206 Å². The van der Waals surface area contributed by atoms with E-state index in [0.29, 0.717) is 24.2 Å². The Balaban J connectivity index is 0.899. The van der Waals surface area contributed by atoms with Crippen LogP contribution in [0, 0.1) is 0 Å². The summed E-state index contributed by atoms with van der Waals surface area (Å²) in [6.45, 7) is 0. The Morgan fingerprint density at radius 1 is 0.233 bits per heavy atom. The van der Waals surface area contributed by atoms with Crippen molar-refractivity contribution in [3.05, 3.63) is 231 Å². The summed E-state index contributed by atoms with van der Waals surface area (Å²) >= 11 is 0. The minimum absolute atomic E-state index is 0.572. The molecule has 4 fully saturated rings. The molecule has 12 rings (SSSR count). The Hall–Kier alpha value is -6.21. The predicted molar refractivity (Wildman–Crippen MR) is 259 cm³/mol. The van der Waals surface area contributed by atoms with Crippen LogP contribution in [0.15, 0.2) is 231 Å². The van der Waals surface area contributed by atoms with Crippen LogP contribution in [0.5, 0.6) is 0 Å². The fourth-order valence-electron chi connectivity index (χ4n) is 11.9. The van der Waals surface area contributed by atoms with E-state index in [0.717, 1.165) is 0 Å². The first-order valence-electron chi connectivity index (χ1n) is 21.9. The molecule has 0 aliphatic carbocycles. The van der Waals surface area contributed by atoms with Gasteiger partial charge in [-0.25, -0.2) is 0 Å². The van der Waals surface area contributed by atoms with Crippen LogP contribution < -0.4 is 51.3 Å². The maximum absolute atomic E-state index is 2.83. The molecule has 8 aromatic rings. The second-order valence-corrected chi connectivity index (χ2v) is 24.8. The SMILES string of the molecule is c1ccc([Si](c2ccccc2)(c2ccccc2)c2ccc(N3C4CC5CC3CC(C4)N5c3ccc([Si](c4ccccc4)(c4ccccc4)c4ccccc4)cc3)cc2)cc1. The molecule has 0 aromatic heterocycles. The van der Waals surface area contributed by atoms with Gasteiger partial charge in [0.05, 0.1) is 0 Å². The highest BCUT2D eigenvalue weighted by atomic mass is 28.3. The number of benzene rings is 8. The zero-order chi connectivity index (χ0) is 39.9. The first kappa shape index (κ1) is 36.8. The summed E-state index contributed by atoms with van der Waals surface area (Å²) in [5, 5.41) is 11.4. The Bertz CT molecular complexity index is 2250. The van der Waals surface area contributed by atoms with Crippen LogP contribution in [0.3, 0.4) is 0 Å². The van der Waals surface area contributed by atoms with Crippen LogP contribution in [0.1, 0.15) is 25.7 Å². The molecule has 0 amide bonds. The fraction of sp³-hybridized carbons (Fsp3) is 0.143. The first-order chi connectivity index (χ1) is 29.7. The van der Waals surface area contributed by atoms with Gasteiger partial charge in [0.1, 0.15) is 0 Å². The van der Waals surface area contributed by atoms with Crippen molar-refractivity contribution >= 4 is 69.0 Å². The molecule has 0 N–H and O–H groups in total. The molecule has 8 aromatic carbocycles. The average molecular weight is 807 g/mol. The van der Waals surface area contributed by atoms with Crippen molar-refractivity contribution < 1.29 is 0 Å². The highest BCUT2D eigenvalue weighted by Crippen LogP contribution is 2.47. The predicted octanol–water partition coefficient (Wildman–Crippen LogP) is 6.83. The maximum Gasteiger partial charge on any atom is 0.179 e. The van der Waals surface area contributed by atoms with Gasteiger partial charge in [0.15, 0.2) is 16.1 Å².